The van der Waals surface area contributed by atoms with Crippen molar-refractivity contribution in [1.29, 1.82) is 0 Å². The van der Waals surface area contributed by atoms with Gasteiger partial charge in [-0.05, 0) is 18.2 Å². The minimum atomic E-state index is -0.885. The van der Waals surface area contributed by atoms with E-state index < -0.39 is 24.1 Å². The summed E-state index contributed by atoms with van der Waals surface area (Å²) in [5.41, 5.74) is 7.13. The number of hydrogen-bond donors (Lipinski definition) is 4. The Morgan fingerprint density at radius 3 is 2.93 bits per heavy atom. The minimum Gasteiger partial charge on any atom is -0.394 e. The number of H-pyrrole nitrogens is 1. The molecule has 3 aromatic rings. The second-order valence-electron chi connectivity index (χ2n) is 6.01. The lowest BCUT2D eigenvalue weighted by atomic mass is 10.2. The Hall–Kier alpha value is -3.22. The number of aromatic amines is 1. The van der Waals surface area contributed by atoms with Gasteiger partial charge in [0.05, 0.1) is 18.4 Å². The number of ether oxygens (including phenoxy) is 1. The van der Waals surface area contributed by atoms with E-state index in [1.54, 1.807) is 18.2 Å². The lowest BCUT2D eigenvalue weighted by molar-refractivity contribution is -0.0458. The number of benzene rings is 1. The van der Waals surface area contributed by atoms with Crippen molar-refractivity contribution in [2.45, 2.75) is 24.9 Å². The number of hydrogen-bond acceptors (Lipinski definition) is 10. The third-order valence-electron chi connectivity index (χ3n) is 4.23. The monoisotopic (exact) mass is 372 g/mol. The topological polar surface area (TPSA) is 177 Å². The van der Waals surface area contributed by atoms with Gasteiger partial charge in [-0.1, -0.05) is 0 Å². The van der Waals surface area contributed by atoms with Crippen LogP contribution >= 0.6 is 0 Å². The van der Waals surface area contributed by atoms with Gasteiger partial charge in [0.15, 0.2) is 5.82 Å². The van der Waals surface area contributed by atoms with E-state index in [9.17, 15) is 15.0 Å². The Morgan fingerprint density at radius 1 is 1.33 bits per heavy atom. The summed E-state index contributed by atoms with van der Waals surface area (Å²) in [4.78, 5) is 15.9. The van der Waals surface area contributed by atoms with Crippen LogP contribution in [0.5, 0.6) is 0 Å². The van der Waals surface area contributed by atoms with Crippen molar-refractivity contribution in [2.24, 2.45) is 10.2 Å². The molecule has 0 spiro atoms. The fraction of sp³-hybridized carbons (Fsp3) is 0.333. The molecule has 12 heteroatoms. The van der Waals surface area contributed by atoms with Gasteiger partial charge in [-0.2, -0.15) is 25.5 Å². The Bertz CT molecular complexity index is 1060. The summed E-state index contributed by atoms with van der Waals surface area (Å²) < 4.78 is 6.65. The van der Waals surface area contributed by atoms with Gasteiger partial charge in [0.2, 0.25) is 0 Å². The average Bonchev–Trinajstić information content (AvgIpc) is 3.26. The van der Waals surface area contributed by atoms with E-state index >= 15 is 0 Å². The maximum atomic E-state index is 12.1. The number of nitrogens with two attached hydrogens (primary N) is 1. The van der Waals surface area contributed by atoms with Crippen LogP contribution in [0.3, 0.4) is 0 Å². The fourth-order valence-corrected chi connectivity index (χ4v) is 2.81. The molecular formula is C15H16N8O4. The molecule has 0 amide bonds. The van der Waals surface area contributed by atoms with Gasteiger partial charge in [0, 0.05) is 12.6 Å². The molecule has 1 aromatic carbocycles. The zero-order valence-electron chi connectivity index (χ0n) is 13.9. The number of azo groups is 1. The smallest absolute Gasteiger partial charge is 0.351 e. The first kappa shape index (κ1) is 17.2. The Labute approximate surface area is 151 Å². The van der Waals surface area contributed by atoms with E-state index in [4.69, 9.17) is 10.5 Å². The van der Waals surface area contributed by atoms with Crippen molar-refractivity contribution in [2.75, 3.05) is 12.3 Å². The maximum absolute atomic E-state index is 12.1. The van der Waals surface area contributed by atoms with E-state index in [-0.39, 0.29) is 24.5 Å². The molecule has 1 fully saturated rings. The average molecular weight is 372 g/mol. The molecule has 140 valence electrons. The van der Waals surface area contributed by atoms with Crippen LogP contribution in [-0.2, 0) is 4.74 Å². The van der Waals surface area contributed by atoms with Crippen molar-refractivity contribution in [3.63, 3.8) is 0 Å². The lowest BCUT2D eigenvalue weighted by Gasteiger charge is -2.14. The molecule has 0 aliphatic carbocycles. The molecule has 12 nitrogen and oxygen atoms in total. The first-order valence-corrected chi connectivity index (χ1v) is 8.10. The van der Waals surface area contributed by atoms with Crippen LogP contribution in [0.15, 0.2) is 39.4 Å². The summed E-state index contributed by atoms with van der Waals surface area (Å²) in [5, 5.41) is 37.6. The second-order valence-corrected chi connectivity index (χ2v) is 6.01. The van der Waals surface area contributed by atoms with Crippen molar-refractivity contribution in [3.8, 4) is 0 Å². The Morgan fingerprint density at radius 2 is 2.15 bits per heavy atom. The molecule has 4 rings (SSSR count). The minimum absolute atomic E-state index is 0.0835. The van der Waals surface area contributed by atoms with Gasteiger partial charge in [-0.3, -0.25) is 4.57 Å². The predicted octanol–water partition coefficient (Wildman–Crippen LogP) is 0.153. The molecule has 3 atom stereocenters. The molecule has 5 N–H and O–H groups in total. The number of aliphatic hydroxyl groups excluding tert-OH is 2. The van der Waals surface area contributed by atoms with E-state index in [0.717, 1.165) is 0 Å². The molecule has 0 radical (unpaired) electrons. The van der Waals surface area contributed by atoms with Crippen molar-refractivity contribution in [3.05, 3.63) is 34.9 Å². The fourth-order valence-electron chi connectivity index (χ4n) is 2.81. The van der Waals surface area contributed by atoms with Gasteiger partial charge in [0.25, 0.3) is 0 Å². The third-order valence-corrected chi connectivity index (χ3v) is 4.23. The van der Waals surface area contributed by atoms with Crippen LogP contribution in [0.2, 0.25) is 0 Å². The molecule has 1 aliphatic heterocycles. The number of rotatable bonds is 4. The number of fused-ring (bicyclic) bond motifs is 1. The largest absolute Gasteiger partial charge is 0.394 e. The summed E-state index contributed by atoms with van der Waals surface area (Å²) >= 11 is 0. The molecule has 27 heavy (non-hydrogen) atoms. The molecule has 0 saturated carbocycles. The number of nitrogens with one attached hydrogen (secondary N) is 1. The van der Waals surface area contributed by atoms with Crippen molar-refractivity contribution >= 4 is 28.2 Å². The zero-order chi connectivity index (χ0) is 19.0. The van der Waals surface area contributed by atoms with Crippen LogP contribution in [0.4, 0.5) is 17.2 Å². The SMILES string of the molecule is Nc1nc(=O)n([C@H]2CC(O)[C@@H](CO)O2)cc1N=Nc1ccc2n[nH]nc2c1. The van der Waals surface area contributed by atoms with Crippen molar-refractivity contribution < 1.29 is 14.9 Å². The van der Waals surface area contributed by atoms with Gasteiger partial charge in [-0.25, -0.2) is 4.79 Å². The highest BCUT2D eigenvalue weighted by molar-refractivity contribution is 5.77. The molecule has 2 aromatic heterocycles. The number of nitrogens with zero attached hydrogens (tertiary/aromatic N) is 6. The Kier molecular flexibility index (Phi) is 4.35. The van der Waals surface area contributed by atoms with E-state index in [1.165, 1.54) is 10.8 Å². The highest BCUT2D eigenvalue weighted by Crippen LogP contribution is 2.30. The van der Waals surface area contributed by atoms with Crippen molar-refractivity contribution in [1.82, 2.24) is 25.0 Å². The predicted molar refractivity (Wildman–Crippen MR) is 92.6 cm³/mol. The van der Waals surface area contributed by atoms with Gasteiger partial charge >= 0.3 is 5.69 Å². The van der Waals surface area contributed by atoms with Crippen LogP contribution in [0, 0.1) is 0 Å². The number of anilines is 1. The first-order valence-electron chi connectivity index (χ1n) is 8.10. The van der Waals surface area contributed by atoms with E-state index in [2.05, 4.69) is 30.6 Å². The molecular weight excluding hydrogens is 356 g/mol. The highest BCUT2D eigenvalue weighted by Gasteiger charge is 2.35. The third kappa shape index (κ3) is 3.28. The molecule has 1 saturated heterocycles. The van der Waals surface area contributed by atoms with Crippen LogP contribution in [-0.4, -0.2) is 54.0 Å². The molecule has 1 unspecified atom stereocenters. The van der Waals surface area contributed by atoms with Crippen LogP contribution < -0.4 is 11.4 Å². The standard InChI is InChI=1S/C15H16N8O4/c16-14-10(19-18-7-1-2-8-9(3-7)21-22-20-8)5-23(15(26)17-14)13-4-11(25)12(6-24)27-13/h1-3,5,11-13,24-25H,4,6H2,(H2,16,17,26)(H,20,21,22)/t11?,12-,13-/m1/s1. The molecule has 3 heterocycles. The first-order chi connectivity index (χ1) is 13.0. The maximum Gasteiger partial charge on any atom is 0.351 e. The number of aliphatic hydroxyl groups is 2. The summed E-state index contributed by atoms with van der Waals surface area (Å²) in [6, 6.07) is 5.12. The van der Waals surface area contributed by atoms with E-state index in [0.29, 0.717) is 16.7 Å². The second kappa shape index (κ2) is 6.83. The van der Waals surface area contributed by atoms with Gasteiger partial charge in [-0.15, -0.1) is 5.11 Å². The molecule has 1 aliphatic rings. The quantitative estimate of drug-likeness (QED) is 0.468. The lowest BCUT2D eigenvalue weighted by Crippen LogP contribution is -2.28. The normalized spacial score (nSPS) is 22.8. The molecule has 0 bridgehead atoms. The summed E-state index contributed by atoms with van der Waals surface area (Å²) in [6.45, 7) is -0.355. The van der Waals surface area contributed by atoms with Crippen LogP contribution in [0.25, 0.3) is 11.0 Å². The number of aromatic nitrogens is 5. The highest BCUT2D eigenvalue weighted by atomic mass is 16.5. The van der Waals surface area contributed by atoms with Crippen LogP contribution in [0.1, 0.15) is 12.6 Å². The zero-order valence-corrected chi connectivity index (χ0v) is 13.9. The van der Waals surface area contributed by atoms with Gasteiger partial charge in [0.1, 0.15) is 29.1 Å². The van der Waals surface area contributed by atoms with E-state index in [1.807, 2.05) is 0 Å². The summed E-state index contributed by atoms with van der Waals surface area (Å²) in [5.74, 6) is -0.0835. The summed E-state index contributed by atoms with van der Waals surface area (Å²) in [6.07, 6.45) is -0.934. The van der Waals surface area contributed by atoms with Gasteiger partial charge < -0.3 is 20.7 Å². The Balaban J connectivity index is 1.63. The number of nitrogen functional groups attached to an aromatic ring is 1. The summed E-state index contributed by atoms with van der Waals surface area (Å²) in [7, 11) is 0.